The van der Waals surface area contributed by atoms with Crippen molar-refractivity contribution in [2.45, 2.75) is 32.4 Å². The summed E-state index contributed by atoms with van der Waals surface area (Å²) in [5.74, 6) is 0.282. The van der Waals surface area contributed by atoms with Gasteiger partial charge in [-0.25, -0.2) is 0 Å². The van der Waals surface area contributed by atoms with Gasteiger partial charge in [-0.3, -0.25) is 4.79 Å². The van der Waals surface area contributed by atoms with Crippen LogP contribution >= 0.6 is 0 Å². The Labute approximate surface area is 92.4 Å². The summed E-state index contributed by atoms with van der Waals surface area (Å²) in [6.07, 6.45) is 1.06. The number of likely N-dealkylation sites (N-methyl/N-ethyl adjacent to an activating group) is 2. The van der Waals surface area contributed by atoms with Crippen LogP contribution in [0.5, 0.6) is 0 Å². The van der Waals surface area contributed by atoms with Crippen LogP contribution in [-0.2, 0) is 4.79 Å². The molecule has 4 heteroatoms. The molecule has 88 valence electrons. The van der Waals surface area contributed by atoms with Gasteiger partial charge in [0.25, 0.3) is 0 Å². The standard InChI is InChI=1S/C11H23N3O/c1-8(2)10(12)11(15)14(4)9-5-6-13(3)7-9/h8-10H,5-7,12H2,1-4H3/t9-,10?/m0/s1. The van der Waals surface area contributed by atoms with Gasteiger partial charge in [-0.1, -0.05) is 13.8 Å². The monoisotopic (exact) mass is 213 g/mol. The molecule has 1 aliphatic rings. The molecule has 0 bridgehead atoms. The minimum atomic E-state index is -0.360. The van der Waals surface area contributed by atoms with E-state index in [1.165, 1.54) is 0 Å². The molecule has 1 saturated heterocycles. The molecule has 2 atom stereocenters. The topological polar surface area (TPSA) is 49.6 Å². The van der Waals surface area contributed by atoms with Crippen molar-refractivity contribution in [1.82, 2.24) is 9.80 Å². The Bertz CT molecular complexity index is 230. The first-order chi connectivity index (χ1) is 6.93. The van der Waals surface area contributed by atoms with Crippen LogP contribution in [0.2, 0.25) is 0 Å². The molecule has 15 heavy (non-hydrogen) atoms. The van der Waals surface area contributed by atoms with Crippen molar-refractivity contribution >= 4 is 5.91 Å². The van der Waals surface area contributed by atoms with Crippen molar-refractivity contribution in [3.05, 3.63) is 0 Å². The van der Waals surface area contributed by atoms with E-state index in [9.17, 15) is 4.79 Å². The van der Waals surface area contributed by atoms with Crippen LogP contribution in [0.3, 0.4) is 0 Å². The molecule has 0 aromatic rings. The highest BCUT2D eigenvalue weighted by Gasteiger charge is 2.29. The van der Waals surface area contributed by atoms with Gasteiger partial charge in [0.15, 0.2) is 0 Å². The smallest absolute Gasteiger partial charge is 0.239 e. The lowest BCUT2D eigenvalue weighted by Gasteiger charge is -2.28. The van der Waals surface area contributed by atoms with Crippen molar-refractivity contribution in [2.75, 3.05) is 27.2 Å². The summed E-state index contributed by atoms with van der Waals surface area (Å²) < 4.78 is 0. The summed E-state index contributed by atoms with van der Waals surface area (Å²) in [7, 11) is 3.95. The number of nitrogens with two attached hydrogens (primary N) is 1. The Morgan fingerprint density at radius 3 is 2.53 bits per heavy atom. The molecule has 1 aliphatic heterocycles. The first-order valence-electron chi connectivity index (χ1n) is 5.64. The normalized spacial score (nSPS) is 24.5. The number of likely N-dealkylation sites (tertiary alicyclic amines) is 1. The van der Waals surface area contributed by atoms with E-state index in [1.54, 1.807) is 0 Å². The largest absolute Gasteiger partial charge is 0.340 e. The Morgan fingerprint density at radius 1 is 1.53 bits per heavy atom. The van der Waals surface area contributed by atoms with Crippen LogP contribution in [0.15, 0.2) is 0 Å². The number of hydrogen-bond donors (Lipinski definition) is 1. The molecule has 4 nitrogen and oxygen atoms in total. The molecule has 2 N–H and O–H groups in total. The Morgan fingerprint density at radius 2 is 2.13 bits per heavy atom. The van der Waals surface area contributed by atoms with Gasteiger partial charge in [-0.2, -0.15) is 0 Å². The predicted molar refractivity (Wildman–Crippen MR) is 61.5 cm³/mol. The molecular weight excluding hydrogens is 190 g/mol. The minimum absolute atomic E-state index is 0.0744. The van der Waals surface area contributed by atoms with E-state index in [1.807, 2.05) is 25.8 Å². The molecule has 1 unspecified atom stereocenters. The maximum atomic E-state index is 12.0. The van der Waals surface area contributed by atoms with Crippen LogP contribution in [0, 0.1) is 5.92 Å². The molecule has 0 aromatic heterocycles. The molecule has 0 radical (unpaired) electrons. The molecule has 1 fully saturated rings. The summed E-state index contributed by atoms with van der Waals surface area (Å²) in [6.45, 7) is 6.00. The minimum Gasteiger partial charge on any atom is -0.340 e. The van der Waals surface area contributed by atoms with Crippen LogP contribution < -0.4 is 5.73 Å². The lowest BCUT2D eigenvalue weighted by molar-refractivity contribution is -0.134. The zero-order chi connectivity index (χ0) is 11.6. The number of rotatable bonds is 3. The van der Waals surface area contributed by atoms with Gasteiger partial charge >= 0.3 is 0 Å². The van der Waals surface area contributed by atoms with Crippen molar-refractivity contribution in [3.63, 3.8) is 0 Å². The van der Waals surface area contributed by atoms with E-state index in [0.29, 0.717) is 6.04 Å². The van der Waals surface area contributed by atoms with Gasteiger partial charge in [0.2, 0.25) is 5.91 Å². The maximum Gasteiger partial charge on any atom is 0.239 e. The molecule has 0 saturated carbocycles. The molecular formula is C11H23N3O. The number of amides is 1. The average Bonchev–Trinajstić information content (AvgIpc) is 2.61. The number of carbonyl (C=O) groups is 1. The fourth-order valence-corrected chi connectivity index (χ4v) is 1.93. The van der Waals surface area contributed by atoms with Crippen LogP contribution in [-0.4, -0.2) is 55.0 Å². The lowest BCUT2D eigenvalue weighted by Crippen LogP contribution is -2.49. The zero-order valence-corrected chi connectivity index (χ0v) is 10.2. The summed E-state index contributed by atoms with van der Waals surface area (Å²) in [5.41, 5.74) is 5.86. The first-order valence-corrected chi connectivity index (χ1v) is 5.64. The number of nitrogens with zero attached hydrogens (tertiary/aromatic N) is 2. The average molecular weight is 213 g/mol. The van der Waals surface area contributed by atoms with Gasteiger partial charge in [0.05, 0.1) is 6.04 Å². The maximum absolute atomic E-state index is 12.0. The van der Waals surface area contributed by atoms with Crippen molar-refractivity contribution in [1.29, 1.82) is 0 Å². The molecule has 0 aromatic carbocycles. The van der Waals surface area contributed by atoms with Gasteiger partial charge < -0.3 is 15.5 Å². The highest BCUT2D eigenvalue weighted by molar-refractivity contribution is 5.82. The molecule has 1 heterocycles. The second-order valence-electron chi connectivity index (χ2n) is 4.92. The van der Waals surface area contributed by atoms with Gasteiger partial charge in [-0.05, 0) is 25.9 Å². The van der Waals surface area contributed by atoms with Crippen molar-refractivity contribution in [2.24, 2.45) is 11.7 Å². The highest BCUT2D eigenvalue weighted by atomic mass is 16.2. The fourth-order valence-electron chi connectivity index (χ4n) is 1.93. The second kappa shape index (κ2) is 4.94. The van der Waals surface area contributed by atoms with E-state index in [4.69, 9.17) is 5.73 Å². The summed E-state index contributed by atoms with van der Waals surface area (Å²) in [4.78, 5) is 16.0. The Kier molecular flexibility index (Phi) is 4.11. The predicted octanol–water partition coefficient (Wildman–Crippen LogP) is 0.132. The van der Waals surface area contributed by atoms with E-state index in [0.717, 1.165) is 19.5 Å². The van der Waals surface area contributed by atoms with Crippen LogP contribution in [0.25, 0.3) is 0 Å². The number of hydrogen-bond acceptors (Lipinski definition) is 3. The van der Waals surface area contributed by atoms with E-state index >= 15 is 0 Å². The third-order valence-corrected chi connectivity index (χ3v) is 3.27. The lowest BCUT2D eigenvalue weighted by atomic mass is 10.0. The van der Waals surface area contributed by atoms with Crippen molar-refractivity contribution in [3.8, 4) is 0 Å². The zero-order valence-electron chi connectivity index (χ0n) is 10.2. The molecule has 1 amide bonds. The van der Waals surface area contributed by atoms with Gasteiger partial charge in [0.1, 0.15) is 0 Å². The molecule has 0 spiro atoms. The Hall–Kier alpha value is -0.610. The second-order valence-corrected chi connectivity index (χ2v) is 4.92. The van der Waals surface area contributed by atoms with Gasteiger partial charge in [-0.15, -0.1) is 0 Å². The molecule has 1 rings (SSSR count). The van der Waals surface area contributed by atoms with E-state index in [2.05, 4.69) is 11.9 Å². The van der Waals surface area contributed by atoms with E-state index < -0.39 is 0 Å². The van der Waals surface area contributed by atoms with Crippen molar-refractivity contribution < 1.29 is 4.79 Å². The summed E-state index contributed by atoms with van der Waals surface area (Å²) in [6, 6.07) is -0.0202. The van der Waals surface area contributed by atoms with Gasteiger partial charge in [0, 0.05) is 19.6 Å². The number of carbonyl (C=O) groups excluding carboxylic acids is 1. The fraction of sp³-hybridized carbons (Fsp3) is 0.909. The van der Waals surface area contributed by atoms with Crippen LogP contribution in [0.4, 0.5) is 0 Å². The SMILES string of the molecule is CC(C)C(N)C(=O)N(C)[C@H]1CCN(C)C1. The third-order valence-electron chi connectivity index (χ3n) is 3.27. The van der Waals surface area contributed by atoms with Crippen LogP contribution in [0.1, 0.15) is 20.3 Å². The summed E-state index contributed by atoms with van der Waals surface area (Å²) >= 11 is 0. The highest BCUT2D eigenvalue weighted by Crippen LogP contribution is 2.14. The van der Waals surface area contributed by atoms with E-state index in [-0.39, 0.29) is 17.9 Å². The summed E-state index contributed by atoms with van der Waals surface area (Å²) in [5, 5.41) is 0. The quantitative estimate of drug-likeness (QED) is 0.725. The Balaban J connectivity index is 2.53. The first kappa shape index (κ1) is 12.5. The third kappa shape index (κ3) is 2.92. The molecule has 0 aliphatic carbocycles.